The van der Waals surface area contributed by atoms with Crippen LogP contribution in [0.1, 0.15) is 53.8 Å². The molecule has 4 rings (SSSR count). The van der Waals surface area contributed by atoms with Crippen LogP contribution >= 0.6 is 11.6 Å². The number of pyridine rings is 2. The minimum atomic E-state index is -0.213. The number of hydrogen-bond acceptors (Lipinski definition) is 4. The Morgan fingerprint density at radius 3 is 2.80 bits per heavy atom. The molecular formula is C23H25ClN4O2. The van der Waals surface area contributed by atoms with Crippen LogP contribution in [0.15, 0.2) is 47.5 Å². The summed E-state index contributed by atoms with van der Waals surface area (Å²) >= 11 is 6.19. The molecule has 0 bridgehead atoms. The van der Waals surface area contributed by atoms with Crippen LogP contribution < -0.4 is 16.3 Å². The van der Waals surface area contributed by atoms with E-state index in [1.54, 1.807) is 25.4 Å². The first-order valence-electron chi connectivity index (χ1n) is 10.3. The van der Waals surface area contributed by atoms with Gasteiger partial charge in [0.05, 0.1) is 22.7 Å². The fourth-order valence-electron chi connectivity index (χ4n) is 3.88. The third-order valence-corrected chi connectivity index (χ3v) is 5.79. The Morgan fingerprint density at radius 2 is 2.10 bits per heavy atom. The van der Waals surface area contributed by atoms with Crippen molar-refractivity contribution in [1.82, 2.24) is 15.0 Å². The first-order valence-corrected chi connectivity index (χ1v) is 10.7. The summed E-state index contributed by atoms with van der Waals surface area (Å²) in [7, 11) is 0. The maximum atomic E-state index is 13.5. The standard InChI is InChI=1S/C23H25ClN4O2/c1-3-10-26-28-14(2)20(19-13-25-11-9-18(19)23(28)30)22(29)27-21(15-7-8-15)16-5-4-6-17(24)12-16/h4-6,9,11-13,15,21,26H,3,7-8,10H2,1-2H3,(H,27,29). The molecule has 1 fully saturated rings. The largest absolute Gasteiger partial charge is 0.345 e. The second-order valence-electron chi connectivity index (χ2n) is 7.77. The molecule has 1 aliphatic rings. The Kier molecular flexibility index (Phi) is 5.77. The normalized spacial score (nSPS) is 14.5. The predicted molar refractivity (Wildman–Crippen MR) is 120 cm³/mol. The monoisotopic (exact) mass is 424 g/mol. The van der Waals surface area contributed by atoms with Gasteiger partial charge in [0.25, 0.3) is 11.5 Å². The number of rotatable bonds is 7. The Morgan fingerprint density at radius 1 is 1.30 bits per heavy atom. The smallest absolute Gasteiger partial charge is 0.277 e. The highest BCUT2D eigenvalue weighted by atomic mass is 35.5. The Labute approximate surface area is 180 Å². The van der Waals surface area contributed by atoms with Gasteiger partial charge in [0.1, 0.15) is 0 Å². The van der Waals surface area contributed by atoms with Crippen molar-refractivity contribution in [2.45, 2.75) is 39.2 Å². The van der Waals surface area contributed by atoms with Gasteiger partial charge in [-0.05, 0) is 55.9 Å². The Balaban J connectivity index is 1.78. The zero-order valence-corrected chi connectivity index (χ0v) is 17.9. The maximum Gasteiger partial charge on any atom is 0.277 e. The molecule has 1 amide bonds. The minimum absolute atomic E-state index is 0.119. The summed E-state index contributed by atoms with van der Waals surface area (Å²) in [6, 6.07) is 9.17. The molecule has 0 saturated heterocycles. The van der Waals surface area contributed by atoms with Crippen LogP contribution in [0.2, 0.25) is 5.02 Å². The van der Waals surface area contributed by atoms with Crippen molar-refractivity contribution < 1.29 is 4.79 Å². The molecule has 7 heteroatoms. The van der Waals surface area contributed by atoms with Crippen molar-refractivity contribution in [2.24, 2.45) is 5.92 Å². The van der Waals surface area contributed by atoms with Gasteiger partial charge in [0, 0.05) is 29.3 Å². The summed E-state index contributed by atoms with van der Waals surface area (Å²) in [6.45, 7) is 4.44. The first-order chi connectivity index (χ1) is 14.5. The molecule has 2 heterocycles. The number of hydrogen-bond donors (Lipinski definition) is 2. The lowest BCUT2D eigenvalue weighted by Gasteiger charge is -2.22. The van der Waals surface area contributed by atoms with Gasteiger partial charge >= 0.3 is 0 Å². The van der Waals surface area contributed by atoms with Crippen molar-refractivity contribution in [3.05, 3.63) is 74.9 Å². The van der Waals surface area contributed by atoms with Crippen molar-refractivity contribution >= 4 is 28.3 Å². The molecule has 30 heavy (non-hydrogen) atoms. The number of amides is 1. The fourth-order valence-corrected chi connectivity index (χ4v) is 4.08. The summed E-state index contributed by atoms with van der Waals surface area (Å²) in [5.41, 5.74) is 4.99. The van der Waals surface area contributed by atoms with Crippen LogP contribution in [0.25, 0.3) is 10.8 Å². The van der Waals surface area contributed by atoms with Crippen LogP contribution in [0.3, 0.4) is 0 Å². The van der Waals surface area contributed by atoms with E-state index in [4.69, 9.17) is 11.6 Å². The lowest BCUT2D eigenvalue weighted by Crippen LogP contribution is -2.36. The van der Waals surface area contributed by atoms with Crippen molar-refractivity contribution in [3.63, 3.8) is 0 Å². The number of aromatic nitrogens is 2. The van der Waals surface area contributed by atoms with Gasteiger partial charge in [-0.3, -0.25) is 14.6 Å². The molecule has 1 unspecified atom stereocenters. The number of halogens is 1. The zero-order valence-electron chi connectivity index (χ0n) is 17.1. The summed E-state index contributed by atoms with van der Waals surface area (Å²) in [5, 5.41) is 4.89. The lowest BCUT2D eigenvalue weighted by atomic mass is 10.0. The molecule has 2 N–H and O–H groups in total. The van der Waals surface area contributed by atoms with E-state index in [9.17, 15) is 9.59 Å². The lowest BCUT2D eigenvalue weighted by molar-refractivity contribution is 0.0932. The van der Waals surface area contributed by atoms with E-state index >= 15 is 0 Å². The van der Waals surface area contributed by atoms with Crippen LogP contribution in [0, 0.1) is 12.8 Å². The summed E-state index contributed by atoms with van der Waals surface area (Å²) in [6.07, 6.45) is 6.16. The number of fused-ring (bicyclic) bond motifs is 1. The van der Waals surface area contributed by atoms with Gasteiger partial charge in [-0.15, -0.1) is 0 Å². The molecule has 6 nitrogen and oxygen atoms in total. The predicted octanol–water partition coefficient (Wildman–Crippen LogP) is 4.19. The first kappa shape index (κ1) is 20.4. The van der Waals surface area contributed by atoms with Crippen LogP contribution in [-0.2, 0) is 0 Å². The molecule has 0 radical (unpaired) electrons. The average Bonchev–Trinajstić information content (AvgIpc) is 3.57. The van der Waals surface area contributed by atoms with Gasteiger partial charge in [0.2, 0.25) is 0 Å². The molecule has 2 aromatic heterocycles. The molecule has 0 spiro atoms. The van der Waals surface area contributed by atoms with E-state index in [2.05, 4.69) is 15.7 Å². The van der Waals surface area contributed by atoms with Gasteiger partial charge in [-0.2, -0.15) is 0 Å². The molecule has 3 aromatic rings. The van der Waals surface area contributed by atoms with E-state index in [1.807, 2.05) is 31.2 Å². The third kappa shape index (κ3) is 3.92. The highest BCUT2D eigenvalue weighted by Gasteiger charge is 2.34. The van der Waals surface area contributed by atoms with Crippen molar-refractivity contribution in [1.29, 1.82) is 0 Å². The number of carbonyl (C=O) groups excluding carboxylic acids is 1. The van der Waals surface area contributed by atoms with Crippen LogP contribution in [0.4, 0.5) is 0 Å². The van der Waals surface area contributed by atoms with Gasteiger partial charge in [0.15, 0.2) is 0 Å². The molecule has 1 aromatic carbocycles. The van der Waals surface area contributed by atoms with Gasteiger partial charge < -0.3 is 10.7 Å². The number of carbonyl (C=O) groups is 1. The van der Waals surface area contributed by atoms with Crippen molar-refractivity contribution in [3.8, 4) is 0 Å². The Hall–Kier alpha value is -2.86. The van der Waals surface area contributed by atoms with Crippen LogP contribution in [-0.4, -0.2) is 22.1 Å². The summed E-state index contributed by atoms with van der Waals surface area (Å²) in [5.74, 6) is 0.177. The van der Waals surface area contributed by atoms with Crippen molar-refractivity contribution in [2.75, 3.05) is 12.0 Å². The number of nitrogens with one attached hydrogen (secondary N) is 2. The number of nitrogens with zero attached hydrogens (tertiary/aromatic N) is 2. The van der Waals surface area contributed by atoms with E-state index < -0.39 is 0 Å². The molecule has 1 saturated carbocycles. The molecular weight excluding hydrogens is 400 g/mol. The third-order valence-electron chi connectivity index (χ3n) is 5.56. The average molecular weight is 425 g/mol. The number of benzene rings is 1. The Bertz CT molecular complexity index is 1150. The maximum absolute atomic E-state index is 13.5. The topological polar surface area (TPSA) is 76.0 Å². The quantitative estimate of drug-likeness (QED) is 0.596. The second-order valence-corrected chi connectivity index (χ2v) is 8.21. The minimum Gasteiger partial charge on any atom is -0.345 e. The van der Waals surface area contributed by atoms with Gasteiger partial charge in [-0.25, -0.2) is 4.68 Å². The molecule has 0 aliphatic heterocycles. The van der Waals surface area contributed by atoms with Crippen LogP contribution in [0.5, 0.6) is 0 Å². The van der Waals surface area contributed by atoms with E-state index in [0.717, 1.165) is 24.8 Å². The van der Waals surface area contributed by atoms with E-state index in [-0.39, 0.29) is 17.5 Å². The zero-order chi connectivity index (χ0) is 21.3. The summed E-state index contributed by atoms with van der Waals surface area (Å²) in [4.78, 5) is 30.6. The fraction of sp³-hybridized carbons (Fsp3) is 0.348. The molecule has 1 atom stereocenters. The highest BCUT2D eigenvalue weighted by molar-refractivity contribution is 6.30. The molecule has 156 valence electrons. The SMILES string of the molecule is CCCNn1c(C)c(C(=O)NC(c2cccc(Cl)c2)C2CC2)c2cnccc2c1=O. The molecule has 1 aliphatic carbocycles. The van der Waals surface area contributed by atoms with E-state index in [1.165, 1.54) is 4.68 Å². The second kappa shape index (κ2) is 8.48. The summed E-state index contributed by atoms with van der Waals surface area (Å²) < 4.78 is 1.48. The highest BCUT2D eigenvalue weighted by Crippen LogP contribution is 2.41. The van der Waals surface area contributed by atoms with Gasteiger partial charge in [-0.1, -0.05) is 30.7 Å². The van der Waals surface area contributed by atoms with E-state index in [0.29, 0.717) is 39.5 Å².